The number of aryl methyl sites for hydroxylation is 1. The number of nitrogens with zero attached hydrogens (tertiary/aromatic N) is 2. The van der Waals surface area contributed by atoms with Crippen molar-refractivity contribution < 1.29 is 0 Å². The molecule has 1 aliphatic rings. The average molecular weight is 201 g/mol. The van der Waals surface area contributed by atoms with Gasteiger partial charge in [-0.3, -0.25) is 0 Å². The second-order valence-electron chi connectivity index (χ2n) is 4.39. The van der Waals surface area contributed by atoms with Crippen molar-refractivity contribution in [2.75, 3.05) is 5.73 Å². The first kappa shape index (κ1) is 8.77. The predicted octanol–water partition coefficient (Wildman–Crippen LogP) is 2.49. The van der Waals surface area contributed by atoms with Crippen molar-refractivity contribution in [3.8, 4) is 0 Å². The van der Waals surface area contributed by atoms with Crippen LogP contribution < -0.4 is 5.73 Å². The van der Waals surface area contributed by atoms with Gasteiger partial charge in [-0.15, -0.1) is 0 Å². The van der Waals surface area contributed by atoms with Crippen LogP contribution in [0.25, 0.3) is 5.52 Å². The molecule has 0 radical (unpaired) electrons. The summed E-state index contributed by atoms with van der Waals surface area (Å²) < 4.78 is 2.16. The lowest BCUT2D eigenvalue weighted by Crippen LogP contribution is -2.12. The van der Waals surface area contributed by atoms with Crippen molar-refractivity contribution in [2.45, 2.75) is 32.1 Å². The number of nitrogen functional groups attached to an aromatic ring is 1. The molecule has 0 unspecified atom stereocenters. The second kappa shape index (κ2) is 2.99. The van der Waals surface area contributed by atoms with E-state index in [0.717, 1.165) is 11.3 Å². The van der Waals surface area contributed by atoms with Crippen LogP contribution in [0.15, 0.2) is 18.3 Å². The minimum atomic E-state index is 0.622. The van der Waals surface area contributed by atoms with E-state index in [-0.39, 0.29) is 0 Å². The highest BCUT2D eigenvalue weighted by Crippen LogP contribution is 2.37. The topological polar surface area (TPSA) is 43.3 Å². The van der Waals surface area contributed by atoms with Crippen LogP contribution in [0.5, 0.6) is 0 Å². The SMILES string of the molecule is Cc1cccn2c(C3CCC3)nc(N)c12. The molecule has 1 aliphatic carbocycles. The van der Waals surface area contributed by atoms with Crippen LogP contribution in [0, 0.1) is 6.92 Å². The van der Waals surface area contributed by atoms with Gasteiger partial charge in [0.15, 0.2) is 0 Å². The Bertz CT molecular complexity index is 509. The zero-order valence-electron chi connectivity index (χ0n) is 8.90. The molecular formula is C12H15N3. The summed E-state index contributed by atoms with van der Waals surface area (Å²) in [5.74, 6) is 2.45. The fraction of sp³-hybridized carbons (Fsp3) is 0.417. The molecule has 0 aliphatic heterocycles. The third-order valence-electron chi connectivity index (χ3n) is 3.39. The summed E-state index contributed by atoms with van der Waals surface area (Å²) in [6.07, 6.45) is 5.91. The molecule has 0 amide bonds. The lowest BCUT2D eigenvalue weighted by Gasteiger charge is -2.23. The van der Waals surface area contributed by atoms with Crippen molar-refractivity contribution in [1.29, 1.82) is 0 Å². The maximum atomic E-state index is 5.96. The first-order valence-corrected chi connectivity index (χ1v) is 5.50. The molecule has 3 heteroatoms. The Kier molecular flexibility index (Phi) is 1.75. The van der Waals surface area contributed by atoms with E-state index in [2.05, 4.69) is 34.6 Å². The third-order valence-corrected chi connectivity index (χ3v) is 3.39. The third kappa shape index (κ3) is 1.16. The zero-order valence-corrected chi connectivity index (χ0v) is 8.90. The van der Waals surface area contributed by atoms with Crippen molar-refractivity contribution in [3.63, 3.8) is 0 Å². The van der Waals surface area contributed by atoms with Crippen LogP contribution >= 0.6 is 0 Å². The van der Waals surface area contributed by atoms with Gasteiger partial charge in [0, 0.05) is 12.1 Å². The normalized spacial score (nSPS) is 16.9. The average Bonchev–Trinajstić information content (AvgIpc) is 2.43. The number of nitrogens with two attached hydrogens (primary N) is 1. The first-order chi connectivity index (χ1) is 7.27. The van der Waals surface area contributed by atoms with Gasteiger partial charge in [-0.1, -0.05) is 12.5 Å². The monoisotopic (exact) mass is 201 g/mol. The molecule has 3 nitrogen and oxygen atoms in total. The molecule has 2 N–H and O–H groups in total. The second-order valence-corrected chi connectivity index (χ2v) is 4.39. The van der Waals surface area contributed by atoms with E-state index in [1.54, 1.807) is 0 Å². The molecule has 0 saturated heterocycles. The molecule has 2 aromatic rings. The van der Waals surface area contributed by atoms with Crippen LogP contribution in [-0.4, -0.2) is 9.38 Å². The van der Waals surface area contributed by atoms with Crippen LogP contribution in [0.3, 0.4) is 0 Å². The Balaban J connectivity index is 2.27. The van der Waals surface area contributed by atoms with E-state index in [1.165, 1.54) is 24.8 Å². The number of anilines is 1. The Labute approximate surface area is 88.9 Å². The van der Waals surface area contributed by atoms with E-state index in [4.69, 9.17) is 5.73 Å². The predicted molar refractivity (Wildman–Crippen MR) is 60.9 cm³/mol. The number of fused-ring (bicyclic) bond motifs is 1. The molecule has 2 heterocycles. The maximum absolute atomic E-state index is 5.96. The van der Waals surface area contributed by atoms with Crippen LogP contribution in [0.4, 0.5) is 5.82 Å². The molecule has 0 atom stereocenters. The zero-order chi connectivity index (χ0) is 10.4. The largest absolute Gasteiger partial charge is 0.382 e. The van der Waals surface area contributed by atoms with E-state index in [9.17, 15) is 0 Å². The van der Waals surface area contributed by atoms with Crippen molar-refractivity contribution >= 4 is 11.3 Å². The molecule has 1 fully saturated rings. The van der Waals surface area contributed by atoms with Gasteiger partial charge < -0.3 is 10.1 Å². The fourth-order valence-corrected chi connectivity index (χ4v) is 2.32. The molecule has 0 bridgehead atoms. The summed E-state index contributed by atoms with van der Waals surface area (Å²) in [6.45, 7) is 2.08. The minimum Gasteiger partial charge on any atom is -0.382 e. The summed E-state index contributed by atoms with van der Waals surface area (Å²) in [7, 11) is 0. The molecule has 1 saturated carbocycles. The van der Waals surface area contributed by atoms with Gasteiger partial charge in [0.1, 0.15) is 11.6 Å². The summed E-state index contributed by atoms with van der Waals surface area (Å²) in [4.78, 5) is 4.51. The Morgan fingerprint density at radius 3 is 2.93 bits per heavy atom. The minimum absolute atomic E-state index is 0.622. The number of pyridine rings is 1. The molecule has 78 valence electrons. The van der Waals surface area contributed by atoms with Crippen LogP contribution in [0.1, 0.15) is 36.6 Å². The van der Waals surface area contributed by atoms with E-state index in [1.807, 2.05) is 0 Å². The Morgan fingerprint density at radius 1 is 1.47 bits per heavy atom. The van der Waals surface area contributed by atoms with Crippen molar-refractivity contribution in [3.05, 3.63) is 29.7 Å². The van der Waals surface area contributed by atoms with Crippen LogP contribution in [0.2, 0.25) is 0 Å². The van der Waals surface area contributed by atoms with E-state index in [0.29, 0.717) is 11.7 Å². The number of rotatable bonds is 1. The van der Waals surface area contributed by atoms with Crippen molar-refractivity contribution in [2.24, 2.45) is 0 Å². The number of hydrogen-bond acceptors (Lipinski definition) is 2. The van der Waals surface area contributed by atoms with Gasteiger partial charge in [-0.25, -0.2) is 4.98 Å². The van der Waals surface area contributed by atoms with Gasteiger partial charge in [0.25, 0.3) is 0 Å². The van der Waals surface area contributed by atoms with Gasteiger partial charge in [0.05, 0.1) is 5.52 Å². The summed E-state index contributed by atoms with van der Waals surface area (Å²) >= 11 is 0. The number of aromatic nitrogens is 2. The summed E-state index contributed by atoms with van der Waals surface area (Å²) in [5, 5.41) is 0. The number of imidazole rings is 1. The maximum Gasteiger partial charge on any atom is 0.150 e. The molecule has 2 aromatic heterocycles. The lowest BCUT2D eigenvalue weighted by molar-refractivity contribution is 0.400. The van der Waals surface area contributed by atoms with E-state index >= 15 is 0 Å². The molecule has 0 spiro atoms. The highest BCUT2D eigenvalue weighted by Gasteiger charge is 2.25. The summed E-state index contributed by atoms with van der Waals surface area (Å²) in [5.41, 5.74) is 8.25. The van der Waals surface area contributed by atoms with E-state index < -0.39 is 0 Å². The molecule has 3 rings (SSSR count). The smallest absolute Gasteiger partial charge is 0.150 e. The highest BCUT2D eigenvalue weighted by molar-refractivity contribution is 5.71. The van der Waals surface area contributed by atoms with Gasteiger partial charge in [-0.05, 0) is 31.4 Å². The molecule has 15 heavy (non-hydrogen) atoms. The standard InChI is InChI=1S/C12H15N3/c1-8-4-3-7-15-10(8)11(13)14-12(15)9-5-2-6-9/h3-4,7,9H,2,5-6,13H2,1H3. The summed E-state index contributed by atoms with van der Waals surface area (Å²) in [6, 6.07) is 4.14. The highest BCUT2D eigenvalue weighted by atomic mass is 15.1. The van der Waals surface area contributed by atoms with Crippen molar-refractivity contribution in [1.82, 2.24) is 9.38 Å². The molecular weight excluding hydrogens is 186 g/mol. The van der Waals surface area contributed by atoms with Gasteiger partial charge >= 0.3 is 0 Å². The lowest BCUT2D eigenvalue weighted by atomic mass is 9.85. The van der Waals surface area contributed by atoms with Gasteiger partial charge in [0.2, 0.25) is 0 Å². The first-order valence-electron chi connectivity index (χ1n) is 5.50. The molecule has 0 aromatic carbocycles. The quantitative estimate of drug-likeness (QED) is 0.770. The Morgan fingerprint density at radius 2 is 2.27 bits per heavy atom. The van der Waals surface area contributed by atoms with Crippen LogP contribution in [-0.2, 0) is 0 Å². The number of hydrogen-bond donors (Lipinski definition) is 1. The fourth-order valence-electron chi connectivity index (χ4n) is 2.32. The van der Waals surface area contributed by atoms with Gasteiger partial charge in [-0.2, -0.15) is 0 Å². The Hall–Kier alpha value is -1.51.